The average molecular weight is 427 g/mol. The fraction of sp³-hybridized carbons (Fsp3) is 0.560. The fourth-order valence-corrected chi connectivity index (χ4v) is 4.55. The Kier molecular flexibility index (Phi) is 6.98. The summed E-state index contributed by atoms with van der Waals surface area (Å²) in [5.41, 5.74) is 2.31. The molecule has 0 atom stereocenters. The monoisotopic (exact) mass is 426 g/mol. The second-order valence-corrected chi connectivity index (χ2v) is 9.10. The maximum atomic E-state index is 12.8. The molecular weight excluding hydrogens is 392 g/mol. The molecule has 2 aliphatic rings. The number of hydrogen-bond donors (Lipinski definition) is 1. The van der Waals surface area contributed by atoms with E-state index in [9.17, 15) is 4.79 Å². The highest BCUT2D eigenvalue weighted by atomic mass is 16.5. The van der Waals surface area contributed by atoms with Gasteiger partial charge in [-0.05, 0) is 81.9 Å². The Labute approximate surface area is 184 Å². The van der Waals surface area contributed by atoms with Crippen LogP contribution in [0.2, 0.25) is 0 Å². The summed E-state index contributed by atoms with van der Waals surface area (Å²) in [5.74, 6) is 1.66. The minimum absolute atomic E-state index is 0.0828. The quantitative estimate of drug-likeness (QED) is 0.689. The van der Waals surface area contributed by atoms with E-state index in [0.717, 1.165) is 49.5 Å². The van der Waals surface area contributed by atoms with E-state index in [1.807, 2.05) is 32.0 Å². The summed E-state index contributed by atoms with van der Waals surface area (Å²) in [7, 11) is 0. The van der Waals surface area contributed by atoms with Crippen LogP contribution in [-0.4, -0.2) is 50.2 Å². The Morgan fingerprint density at radius 2 is 1.90 bits per heavy atom. The molecule has 1 aromatic heterocycles. The highest BCUT2D eigenvalue weighted by Crippen LogP contribution is 2.32. The largest absolute Gasteiger partial charge is 0.485 e. The third kappa shape index (κ3) is 5.69. The molecule has 2 aromatic rings. The fourth-order valence-electron chi connectivity index (χ4n) is 4.55. The van der Waals surface area contributed by atoms with Crippen molar-refractivity contribution in [3.63, 3.8) is 0 Å². The molecule has 0 radical (unpaired) electrons. The van der Waals surface area contributed by atoms with Crippen LogP contribution in [0.5, 0.6) is 5.75 Å². The Morgan fingerprint density at radius 3 is 2.68 bits per heavy atom. The number of likely N-dealkylation sites (tertiary alicyclic amines) is 1. The van der Waals surface area contributed by atoms with Gasteiger partial charge in [0.1, 0.15) is 18.1 Å². The maximum Gasteiger partial charge on any atom is 0.287 e. The number of carbonyl (C=O) groups is 1. The number of ether oxygens (including phenoxy) is 2. The van der Waals surface area contributed by atoms with E-state index in [4.69, 9.17) is 13.9 Å². The number of amides is 1. The predicted molar refractivity (Wildman–Crippen MR) is 119 cm³/mol. The SMILES string of the molecule is Cc1ccc(C)c(OCc2ccc(C(=O)NCC3(CN4CCCC4)CCOCC3)o2)c1. The van der Waals surface area contributed by atoms with Crippen molar-refractivity contribution in [1.82, 2.24) is 10.2 Å². The van der Waals surface area contributed by atoms with E-state index in [1.54, 1.807) is 6.07 Å². The number of nitrogens with one attached hydrogen (secondary N) is 1. The lowest BCUT2D eigenvalue weighted by Crippen LogP contribution is -2.48. The van der Waals surface area contributed by atoms with E-state index in [1.165, 1.54) is 25.9 Å². The molecular formula is C25H34N2O4. The second-order valence-electron chi connectivity index (χ2n) is 9.10. The van der Waals surface area contributed by atoms with Crippen LogP contribution in [0, 0.1) is 19.3 Å². The number of benzene rings is 1. The van der Waals surface area contributed by atoms with Crippen LogP contribution >= 0.6 is 0 Å². The van der Waals surface area contributed by atoms with Crippen molar-refractivity contribution in [2.24, 2.45) is 5.41 Å². The lowest BCUT2D eigenvalue weighted by molar-refractivity contribution is -0.000762. The molecule has 2 fully saturated rings. The maximum absolute atomic E-state index is 12.8. The highest BCUT2D eigenvalue weighted by Gasteiger charge is 2.35. The summed E-state index contributed by atoms with van der Waals surface area (Å²) in [4.78, 5) is 15.3. The molecule has 168 valence electrons. The van der Waals surface area contributed by atoms with Gasteiger partial charge in [-0.15, -0.1) is 0 Å². The first kappa shape index (κ1) is 21.9. The minimum atomic E-state index is -0.162. The van der Waals surface area contributed by atoms with Crippen LogP contribution in [0.1, 0.15) is 53.1 Å². The first-order valence-electron chi connectivity index (χ1n) is 11.4. The van der Waals surface area contributed by atoms with Gasteiger partial charge in [-0.2, -0.15) is 0 Å². The highest BCUT2D eigenvalue weighted by molar-refractivity contribution is 5.91. The zero-order valence-corrected chi connectivity index (χ0v) is 18.7. The van der Waals surface area contributed by atoms with Gasteiger partial charge in [0.15, 0.2) is 5.76 Å². The minimum Gasteiger partial charge on any atom is -0.485 e. The van der Waals surface area contributed by atoms with Crippen molar-refractivity contribution in [3.8, 4) is 5.75 Å². The molecule has 0 spiro atoms. The second kappa shape index (κ2) is 9.88. The van der Waals surface area contributed by atoms with Gasteiger partial charge in [-0.25, -0.2) is 0 Å². The molecule has 31 heavy (non-hydrogen) atoms. The van der Waals surface area contributed by atoms with Crippen molar-refractivity contribution in [2.45, 2.75) is 46.1 Å². The summed E-state index contributed by atoms with van der Waals surface area (Å²) < 4.78 is 17.3. The molecule has 2 saturated heterocycles. The molecule has 0 aliphatic carbocycles. The molecule has 1 aromatic carbocycles. The van der Waals surface area contributed by atoms with Crippen molar-refractivity contribution < 1.29 is 18.7 Å². The summed E-state index contributed by atoms with van der Waals surface area (Å²) in [6, 6.07) is 9.66. The summed E-state index contributed by atoms with van der Waals surface area (Å²) >= 11 is 0. The standard InChI is InChI=1S/C25H34N2O4/c1-19-5-6-20(2)23(15-19)30-16-21-7-8-22(31-21)24(28)26-17-25(9-13-29-14-10-25)18-27-11-3-4-12-27/h5-8,15H,3-4,9-14,16-18H2,1-2H3,(H,26,28). The first-order valence-corrected chi connectivity index (χ1v) is 11.4. The molecule has 3 heterocycles. The third-order valence-corrected chi connectivity index (χ3v) is 6.53. The number of furan rings is 1. The van der Waals surface area contributed by atoms with Gasteiger partial charge in [0.05, 0.1) is 0 Å². The third-order valence-electron chi connectivity index (χ3n) is 6.53. The summed E-state index contributed by atoms with van der Waals surface area (Å²) in [5, 5.41) is 3.13. The van der Waals surface area contributed by atoms with Gasteiger partial charge < -0.3 is 24.1 Å². The van der Waals surface area contributed by atoms with Gasteiger partial charge in [0, 0.05) is 31.7 Å². The number of aryl methyl sites for hydroxylation is 2. The average Bonchev–Trinajstić information content (AvgIpc) is 3.46. The van der Waals surface area contributed by atoms with Crippen LogP contribution in [0.25, 0.3) is 0 Å². The zero-order chi connectivity index (χ0) is 21.7. The van der Waals surface area contributed by atoms with Gasteiger partial charge in [-0.1, -0.05) is 12.1 Å². The number of hydrogen-bond acceptors (Lipinski definition) is 5. The Hall–Kier alpha value is -2.31. The van der Waals surface area contributed by atoms with Gasteiger partial charge in [0.25, 0.3) is 5.91 Å². The van der Waals surface area contributed by atoms with E-state index in [-0.39, 0.29) is 11.3 Å². The van der Waals surface area contributed by atoms with Crippen LogP contribution < -0.4 is 10.1 Å². The smallest absolute Gasteiger partial charge is 0.287 e. The number of carbonyl (C=O) groups excluding carboxylic acids is 1. The molecule has 0 saturated carbocycles. The van der Waals surface area contributed by atoms with Crippen molar-refractivity contribution in [2.75, 3.05) is 39.4 Å². The van der Waals surface area contributed by atoms with E-state index in [2.05, 4.69) is 16.3 Å². The molecule has 2 aliphatic heterocycles. The molecule has 6 nitrogen and oxygen atoms in total. The van der Waals surface area contributed by atoms with Crippen LogP contribution in [0.3, 0.4) is 0 Å². The van der Waals surface area contributed by atoms with E-state index < -0.39 is 0 Å². The first-order chi connectivity index (χ1) is 15.0. The Balaban J connectivity index is 1.32. The number of rotatable bonds is 8. The zero-order valence-electron chi connectivity index (χ0n) is 18.7. The van der Waals surface area contributed by atoms with Crippen molar-refractivity contribution in [1.29, 1.82) is 0 Å². The number of nitrogens with zero attached hydrogens (tertiary/aromatic N) is 1. The van der Waals surface area contributed by atoms with E-state index in [0.29, 0.717) is 24.7 Å². The van der Waals surface area contributed by atoms with E-state index >= 15 is 0 Å². The molecule has 0 bridgehead atoms. The molecule has 1 N–H and O–H groups in total. The Morgan fingerprint density at radius 1 is 1.13 bits per heavy atom. The predicted octanol–water partition coefficient (Wildman–Crippen LogP) is 4.10. The van der Waals surface area contributed by atoms with Crippen LogP contribution in [-0.2, 0) is 11.3 Å². The Bertz CT molecular complexity index is 879. The lowest BCUT2D eigenvalue weighted by Gasteiger charge is -2.40. The van der Waals surface area contributed by atoms with Gasteiger partial charge in [0.2, 0.25) is 0 Å². The lowest BCUT2D eigenvalue weighted by atomic mass is 9.79. The topological polar surface area (TPSA) is 63.9 Å². The molecule has 0 unspecified atom stereocenters. The summed E-state index contributed by atoms with van der Waals surface area (Å²) in [6.07, 6.45) is 4.52. The normalized spacial score (nSPS) is 18.8. The van der Waals surface area contributed by atoms with Crippen LogP contribution in [0.4, 0.5) is 0 Å². The van der Waals surface area contributed by atoms with Crippen molar-refractivity contribution in [3.05, 3.63) is 53.0 Å². The van der Waals surface area contributed by atoms with Gasteiger partial charge >= 0.3 is 0 Å². The molecule has 6 heteroatoms. The van der Waals surface area contributed by atoms with Crippen molar-refractivity contribution >= 4 is 5.91 Å². The van der Waals surface area contributed by atoms with Crippen LogP contribution in [0.15, 0.2) is 34.7 Å². The summed E-state index contributed by atoms with van der Waals surface area (Å²) in [6.45, 7) is 9.91. The molecule has 4 rings (SSSR count). The molecule has 1 amide bonds. The van der Waals surface area contributed by atoms with Gasteiger partial charge in [-0.3, -0.25) is 4.79 Å².